The number of aliphatic carboxylic acids is 1. The van der Waals surface area contributed by atoms with Crippen LogP contribution in [0.3, 0.4) is 0 Å². The van der Waals surface area contributed by atoms with E-state index in [2.05, 4.69) is 5.10 Å². The van der Waals surface area contributed by atoms with Crippen molar-refractivity contribution in [1.82, 2.24) is 14.7 Å². The zero-order valence-corrected chi connectivity index (χ0v) is 12.5. The molecule has 0 spiro atoms. The summed E-state index contributed by atoms with van der Waals surface area (Å²) in [4.78, 5) is 25.5. The molecule has 2 atom stereocenters. The van der Waals surface area contributed by atoms with Crippen LogP contribution in [-0.2, 0) is 16.1 Å². The van der Waals surface area contributed by atoms with E-state index in [0.717, 1.165) is 24.2 Å². The summed E-state index contributed by atoms with van der Waals surface area (Å²) < 4.78 is 1.69. The van der Waals surface area contributed by atoms with Crippen LogP contribution in [0.2, 0.25) is 0 Å². The molecule has 1 aliphatic carbocycles. The average Bonchev–Trinajstić information content (AvgIpc) is 3.07. The lowest BCUT2D eigenvalue weighted by Crippen LogP contribution is -2.33. The highest BCUT2D eigenvalue weighted by atomic mass is 16.4. The molecule has 2 aliphatic rings. The molecule has 2 fully saturated rings. The van der Waals surface area contributed by atoms with E-state index in [-0.39, 0.29) is 18.4 Å². The average molecular weight is 291 g/mol. The van der Waals surface area contributed by atoms with Gasteiger partial charge in [0.2, 0.25) is 5.91 Å². The van der Waals surface area contributed by atoms with E-state index in [0.29, 0.717) is 19.0 Å². The van der Waals surface area contributed by atoms with E-state index in [9.17, 15) is 14.7 Å². The molecular formula is C15H21N3O3. The Morgan fingerprint density at radius 3 is 2.57 bits per heavy atom. The van der Waals surface area contributed by atoms with E-state index < -0.39 is 11.9 Å². The van der Waals surface area contributed by atoms with Gasteiger partial charge in [-0.15, -0.1) is 0 Å². The second-order valence-electron chi connectivity index (χ2n) is 6.33. The van der Waals surface area contributed by atoms with Crippen molar-refractivity contribution in [2.45, 2.75) is 33.2 Å². The summed E-state index contributed by atoms with van der Waals surface area (Å²) in [6.45, 7) is 4.94. The van der Waals surface area contributed by atoms with E-state index in [1.165, 1.54) is 0 Å². The molecule has 0 bridgehead atoms. The van der Waals surface area contributed by atoms with Crippen molar-refractivity contribution in [2.24, 2.45) is 17.8 Å². The Kier molecular flexibility index (Phi) is 3.47. The van der Waals surface area contributed by atoms with Gasteiger partial charge in [0.1, 0.15) is 6.54 Å². The second-order valence-corrected chi connectivity index (χ2v) is 6.33. The monoisotopic (exact) mass is 291 g/mol. The largest absolute Gasteiger partial charge is 0.481 e. The molecule has 0 aromatic carbocycles. The smallest absolute Gasteiger partial charge is 0.308 e. The number of carboxylic acid groups (broad SMARTS) is 1. The van der Waals surface area contributed by atoms with E-state index >= 15 is 0 Å². The van der Waals surface area contributed by atoms with Crippen LogP contribution in [0, 0.1) is 31.6 Å². The van der Waals surface area contributed by atoms with Crippen molar-refractivity contribution >= 4 is 11.9 Å². The summed E-state index contributed by atoms with van der Waals surface area (Å²) in [6.07, 6.45) is 2.21. The van der Waals surface area contributed by atoms with Crippen molar-refractivity contribution in [3.05, 3.63) is 17.5 Å². The molecule has 0 radical (unpaired) electrons. The summed E-state index contributed by atoms with van der Waals surface area (Å²) in [5.74, 6) is -0.574. The van der Waals surface area contributed by atoms with Crippen LogP contribution in [-0.4, -0.2) is 44.8 Å². The zero-order chi connectivity index (χ0) is 15.1. The van der Waals surface area contributed by atoms with Gasteiger partial charge in [0.15, 0.2) is 0 Å². The highest BCUT2D eigenvalue weighted by molar-refractivity contribution is 5.79. The van der Waals surface area contributed by atoms with E-state index in [1.54, 1.807) is 9.58 Å². The number of carboxylic acids is 1. The summed E-state index contributed by atoms with van der Waals surface area (Å²) in [6, 6.07) is 1.93. The predicted octanol–water partition coefficient (Wildman–Crippen LogP) is 1.07. The van der Waals surface area contributed by atoms with E-state index in [4.69, 9.17) is 0 Å². The predicted molar refractivity (Wildman–Crippen MR) is 75.6 cm³/mol. The van der Waals surface area contributed by atoms with Gasteiger partial charge in [-0.25, -0.2) is 0 Å². The van der Waals surface area contributed by atoms with Gasteiger partial charge in [-0.1, -0.05) is 0 Å². The van der Waals surface area contributed by atoms with Crippen LogP contribution in [0.25, 0.3) is 0 Å². The lowest BCUT2D eigenvalue weighted by atomic mass is 9.92. The third-order valence-electron chi connectivity index (χ3n) is 4.65. The molecule has 1 N–H and O–H groups in total. The lowest BCUT2D eigenvalue weighted by Gasteiger charge is -2.16. The molecule has 3 rings (SSSR count). The number of hydrogen-bond donors (Lipinski definition) is 1. The first-order valence-electron chi connectivity index (χ1n) is 7.47. The van der Waals surface area contributed by atoms with Gasteiger partial charge in [0, 0.05) is 18.8 Å². The van der Waals surface area contributed by atoms with Gasteiger partial charge >= 0.3 is 5.97 Å². The first-order chi connectivity index (χ1) is 9.95. The number of aromatic nitrogens is 2. The van der Waals surface area contributed by atoms with E-state index in [1.807, 2.05) is 19.9 Å². The van der Waals surface area contributed by atoms with Gasteiger partial charge in [0.05, 0.1) is 11.6 Å². The van der Waals surface area contributed by atoms with Crippen LogP contribution >= 0.6 is 0 Å². The maximum Gasteiger partial charge on any atom is 0.308 e. The highest BCUT2D eigenvalue weighted by Crippen LogP contribution is 2.44. The molecule has 1 aromatic heterocycles. The third-order valence-corrected chi connectivity index (χ3v) is 4.65. The molecule has 2 heterocycles. The molecule has 1 saturated heterocycles. The summed E-state index contributed by atoms with van der Waals surface area (Å²) >= 11 is 0. The normalized spacial score (nSPS) is 25.3. The molecule has 1 aliphatic heterocycles. The number of nitrogens with zero attached hydrogens (tertiary/aromatic N) is 3. The van der Waals surface area contributed by atoms with Crippen molar-refractivity contribution < 1.29 is 14.7 Å². The van der Waals surface area contributed by atoms with Crippen molar-refractivity contribution in [2.75, 3.05) is 13.1 Å². The lowest BCUT2D eigenvalue weighted by molar-refractivity contribution is -0.142. The maximum atomic E-state index is 12.4. The number of hydrogen-bond acceptors (Lipinski definition) is 3. The summed E-state index contributed by atoms with van der Waals surface area (Å²) in [5.41, 5.74) is 1.84. The van der Waals surface area contributed by atoms with Gasteiger partial charge < -0.3 is 10.0 Å². The van der Waals surface area contributed by atoms with Gasteiger partial charge in [-0.2, -0.15) is 5.10 Å². The number of aryl methyl sites for hydroxylation is 2. The second kappa shape index (κ2) is 5.16. The Bertz CT molecular complexity index is 577. The van der Waals surface area contributed by atoms with Crippen molar-refractivity contribution in [3.8, 4) is 0 Å². The molecule has 1 amide bonds. The molecule has 114 valence electrons. The molecule has 6 heteroatoms. The van der Waals surface area contributed by atoms with Crippen LogP contribution < -0.4 is 0 Å². The number of carbonyl (C=O) groups is 2. The Morgan fingerprint density at radius 2 is 2.05 bits per heavy atom. The minimum absolute atomic E-state index is 0.0319. The highest BCUT2D eigenvalue weighted by Gasteiger charge is 2.46. The molecule has 6 nitrogen and oxygen atoms in total. The fraction of sp³-hybridized carbons (Fsp3) is 0.667. The fourth-order valence-electron chi connectivity index (χ4n) is 3.36. The van der Waals surface area contributed by atoms with Gasteiger partial charge in [0.25, 0.3) is 0 Å². The van der Waals surface area contributed by atoms with Crippen molar-refractivity contribution in [1.29, 1.82) is 0 Å². The molecule has 1 aromatic rings. The number of rotatable bonds is 4. The summed E-state index contributed by atoms with van der Waals surface area (Å²) in [5, 5.41) is 13.6. The van der Waals surface area contributed by atoms with Crippen LogP contribution in [0.15, 0.2) is 6.07 Å². The van der Waals surface area contributed by atoms with Crippen LogP contribution in [0.1, 0.15) is 24.2 Å². The Labute approximate surface area is 123 Å². The fourth-order valence-corrected chi connectivity index (χ4v) is 3.36. The minimum Gasteiger partial charge on any atom is -0.481 e. The summed E-state index contributed by atoms with van der Waals surface area (Å²) in [7, 11) is 0. The van der Waals surface area contributed by atoms with Crippen LogP contribution in [0.5, 0.6) is 0 Å². The minimum atomic E-state index is -0.770. The Balaban J connectivity index is 1.68. The standard InChI is InChI=1S/C15H21N3O3/c1-9-5-10(2)18(16-9)8-14(19)17-6-12(11-3-4-11)13(7-17)15(20)21/h5,11-13H,3-4,6-8H2,1-2H3,(H,20,21)/t12-,13+/m0/s1. The quantitative estimate of drug-likeness (QED) is 0.900. The Hall–Kier alpha value is -1.85. The topological polar surface area (TPSA) is 75.4 Å². The Morgan fingerprint density at radius 1 is 1.33 bits per heavy atom. The first-order valence-corrected chi connectivity index (χ1v) is 7.47. The number of likely N-dealkylation sites (tertiary alicyclic amines) is 1. The SMILES string of the molecule is Cc1cc(C)n(CC(=O)N2C[C@@H](C(=O)O)[C@H](C3CC3)C2)n1. The molecular weight excluding hydrogens is 270 g/mol. The maximum absolute atomic E-state index is 12.4. The van der Waals surface area contributed by atoms with Crippen molar-refractivity contribution in [3.63, 3.8) is 0 Å². The molecule has 1 saturated carbocycles. The van der Waals surface area contributed by atoms with Gasteiger partial charge in [-0.05, 0) is 44.6 Å². The number of amides is 1. The third kappa shape index (κ3) is 2.80. The molecule has 21 heavy (non-hydrogen) atoms. The zero-order valence-electron chi connectivity index (χ0n) is 12.5. The number of carbonyl (C=O) groups excluding carboxylic acids is 1. The van der Waals surface area contributed by atoms with Gasteiger partial charge in [-0.3, -0.25) is 14.3 Å². The van der Waals surface area contributed by atoms with Crippen LogP contribution in [0.4, 0.5) is 0 Å². The first kappa shape index (κ1) is 14.1. The molecule has 0 unspecified atom stereocenters.